The highest BCUT2D eigenvalue weighted by Gasteiger charge is 2.33. The predicted molar refractivity (Wildman–Crippen MR) is 152 cm³/mol. The molecule has 1 aromatic carbocycles. The number of likely N-dealkylation sites (tertiary alicyclic amines) is 1. The number of carbonyl (C=O) groups is 1. The number of aromatic nitrogens is 1. The summed E-state index contributed by atoms with van der Waals surface area (Å²) in [5.74, 6) is 1.08. The summed E-state index contributed by atoms with van der Waals surface area (Å²) < 4.78 is 6.37. The number of ether oxygens (including phenoxy) is 1. The molecule has 2 aromatic rings. The predicted octanol–water partition coefficient (Wildman–Crippen LogP) is 3.70. The first-order chi connectivity index (χ1) is 19.1. The van der Waals surface area contributed by atoms with Gasteiger partial charge < -0.3 is 24.3 Å². The van der Waals surface area contributed by atoms with Crippen LogP contribution in [-0.4, -0.2) is 79.7 Å². The van der Waals surface area contributed by atoms with Crippen LogP contribution in [0.4, 0.5) is 11.4 Å². The van der Waals surface area contributed by atoms with Gasteiger partial charge in [-0.3, -0.25) is 4.79 Å². The van der Waals surface area contributed by atoms with Crippen molar-refractivity contribution in [1.29, 1.82) is 5.26 Å². The molecule has 8 heteroatoms. The number of hydrogen-bond acceptors (Lipinski definition) is 7. The van der Waals surface area contributed by atoms with Crippen LogP contribution in [0.25, 0.3) is 0 Å². The highest BCUT2D eigenvalue weighted by atomic mass is 16.5. The SMILES string of the molecule is C=CC(=O)N1CCN(c2c(C#N)c(OC[C@@H]3CCCN3C)nc3c2CCN(c2ccccc2C2CC2)C3)CC1. The highest BCUT2D eigenvalue weighted by Crippen LogP contribution is 2.45. The molecule has 4 aliphatic rings. The quantitative estimate of drug-likeness (QED) is 0.509. The Morgan fingerprint density at radius 2 is 1.92 bits per heavy atom. The van der Waals surface area contributed by atoms with Gasteiger partial charge in [0.05, 0.1) is 17.9 Å². The second kappa shape index (κ2) is 10.9. The first-order valence-electron chi connectivity index (χ1n) is 14.4. The summed E-state index contributed by atoms with van der Waals surface area (Å²) in [6.45, 7) is 9.39. The van der Waals surface area contributed by atoms with Gasteiger partial charge in [0.15, 0.2) is 0 Å². The fourth-order valence-electron chi connectivity index (χ4n) is 6.45. The van der Waals surface area contributed by atoms with E-state index in [0.717, 1.165) is 42.9 Å². The van der Waals surface area contributed by atoms with E-state index in [4.69, 9.17) is 9.72 Å². The summed E-state index contributed by atoms with van der Waals surface area (Å²) in [5, 5.41) is 10.4. The lowest BCUT2D eigenvalue weighted by Gasteiger charge is -2.39. The van der Waals surface area contributed by atoms with E-state index in [0.29, 0.717) is 62.7 Å². The molecule has 39 heavy (non-hydrogen) atoms. The van der Waals surface area contributed by atoms with Crippen LogP contribution in [0.2, 0.25) is 0 Å². The third-order valence-corrected chi connectivity index (χ3v) is 8.87. The lowest BCUT2D eigenvalue weighted by molar-refractivity contribution is -0.126. The number of pyridine rings is 1. The average Bonchev–Trinajstić information content (AvgIpc) is 3.75. The highest BCUT2D eigenvalue weighted by molar-refractivity contribution is 5.87. The van der Waals surface area contributed by atoms with E-state index in [-0.39, 0.29) is 5.91 Å². The molecule has 3 aliphatic heterocycles. The fraction of sp³-hybridized carbons (Fsp3) is 0.516. The van der Waals surface area contributed by atoms with Crippen LogP contribution in [0.15, 0.2) is 36.9 Å². The number of piperazine rings is 1. The summed E-state index contributed by atoms with van der Waals surface area (Å²) in [4.78, 5) is 26.1. The number of amides is 1. The molecule has 3 fully saturated rings. The van der Waals surface area contributed by atoms with Gasteiger partial charge in [0.25, 0.3) is 0 Å². The minimum Gasteiger partial charge on any atom is -0.475 e. The summed E-state index contributed by atoms with van der Waals surface area (Å²) in [5.41, 5.74) is 6.40. The first kappa shape index (κ1) is 25.7. The normalized spacial score (nSPS) is 21.4. The minimum absolute atomic E-state index is 0.0402. The Kier molecular flexibility index (Phi) is 7.18. The Labute approximate surface area is 231 Å². The maximum atomic E-state index is 12.2. The van der Waals surface area contributed by atoms with Gasteiger partial charge in [0, 0.05) is 50.0 Å². The van der Waals surface area contributed by atoms with Gasteiger partial charge in [-0.2, -0.15) is 5.26 Å². The topological polar surface area (TPSA) is 75.9 Å². The molecular formula is C31H38N6O2. The third-order valence-electron chi connectivity index (χ3n) is 8.87. The second-order valence-electron chi connectivity index (χ2n) is 11.3. The fourth-order valence-corrected chi connectivity index (χ4v) is 6.45. The van der Waals surface area contributed by atoms with Crippen LogP contribution in [0, 0.1) is 11.3 Å². The molecule has 1 atom stereocenters. The molecule has 0 unspecified atom stereocenters. The molecule has 8 nitrogen and oxygen atoms in total. The number of para-hydroxylation sites is 1. The van der Waals surface area contributed by atoms with Crippen molar-refractivity contribution in [2.75, 3.05) is 62.7 Å². The first-order valence-corrected chi connectivity index (χ1v) is 14.4. The van der Waals surface area contributed by atoms with E-state index in [9.17, 15) is 10.1 Å². The van der Waals surface area contributed by atoms with Crippen molar-refractivity contribution in [3.8, 4) is 11.9 Å². The van der Waals surface area contributed by atoms with Gasteiger partial charge >= 0.3 is 0 Å². The van der Waals surface area contributed by atoms with Gasteiger partial charge in [0.2, 0.25) is 11.8 Å². The van der Waals surface area contributed by atoms with Crippen LogP contribution in [0.1, 0.15) is 54.0 Å². The van der Waals surface area contributed by atoms with Gasteiger partial charge in [-0.05, 0) is 69.3 Å². The molecule has 204 valence electrons. The number of likely N-dealkylation sites (N-methyl/N-ethyl adjacent to an activating group) is 1. The van der Waals surface area contributed by atoms with E-state index in [2.05, 4.69) is 58.7 Å². The third kappa shape index (κ3) is 5.08. The van der Waals surface area contributed by atoms with E-state index in [1.807, 2.05) is 4.90 Å². The van der Waals surface area contributed by atoms with Crippen LogP contribution >= 0.6 is 0 Å². The summed E-state index contributed by atoms with van der Waals surface area (Å²) >= 11 is 0. The van der Waals surface area contributed by atoms with Crippen molar-refractivity contribution >= 4 is 17.3 Å². The summed E-state index contributed by atoms with van der Waals surface area (Å²) in [6, 6.07) is 11.6. The molecule has 1 aromatic heterocycles. The lowest BCUT2D eigenvalue weighted by atomic mass is 9.97. The van der Waals surface area contributed by atoms with Gasteiger partial charge in [0.1, 0.15) is 18.2 Å². The van der Waals surface area contributed by atoms with Crippen molar-refractivity contribution in [3.05, 3.63) is 59.3 Å². The standard InChI is InChI=1S/C31H38N6O2/c1-3-29(38)35-15-17-36(18-16-35)30-25-12-14-37(28-9-5-4-8-24(28)22-10-11-22)20-27(25)33-31(26(30)19-32)39-21-23-7-6-13-34(23)2/h3-5,8-9,22-23H,1,6-7,10-18,20-21H2,2H3/t23-/m0/s1. The zero-order valence-corrected chi connectivity index (χ0v) is 22.9. The monoisotopic (exact) mass is 526 g/mol. The van der Waals surface area contributed by atoms with Gasteiger partial charge in [-0.1, -0.05) is 24.8 Å². The Morgan fingerprint density at radius 1 is 1.13 bits per heavy atom. The number of hydrogen-bond donors (Lipinski definition) is 0. The Hall–Kier alpha value is -3.57. The van der Waals surface area contributed by atoms with E-state index >= 15 is 0 Å². The zero-order chi connectivity index (χ0) is 26.9. The number of fused-ring (bicyclic) bond motifs is 1. The average molecular weight is 527 g/mol. The van der Waals surface area contributed by atoms with Crippen molar-refractivity contribution < 1.29 is 9.53 Å². The number of carbonyl (C=O) groups excluding carboxylic acids is 1. The maximum absolute atomic E-state index is 12.2. The largest absolute Gasteiger partial charge is 0.475 e. The van der Waals surface area contributed by atoms with Crippen molar-refractivity contribution in [2.24, 2.45) is 0 Å². The molecule has 1 amide bonds. The minimum atomic E-state index is -0.0402. The number of nitrogens with zero attached hydrogens (tertiary/aromatic N) is 6. The Bertz CT molecular complexity index is 1290. The molecule has 4 heterocycles. The van der Waals surface area contributed by atoms with Crippen LogP contribution in [0.5, 0.6) is 5.88 Å². The molecule has 2 saturated heterocycles. The number of benzene rings is 1. The van der Waals surface area contributed by atoms with Crippen molar-refractivity contribution in [1.82, 2.24) is 14.8 Å². The van der Waals surface area contributed by atoms with Crippen molar-refractivity contribution in [2.45, 2.75) is 50.6 Å². The maximum Gasteiger partial charge on any atom is 0.246 e. The Morgan fingerprint density at radius 3 is 2.62 bits per heavy atom. The van der Waals surface area contributed by atoms with E-state index < -0.39 is 0 Å². The zero-order valence-electron chi connectivity index (χ0n) is 22.9. The number of anilines is 2. The smallest absolute Gasteiger partial charge is 0.246 e. The van der Waals surface area contributed by atoms with Crippen LogP contribution in [0.3, 0.4) is 0 Å². The number of nitriles is 1. The molecule has 0 radical (unpaired) electrons. The van der Waals surface area contributed by atoms with Crippen molar-refractivity contribution in [3.63, 3.8) is 0 Å². The van der Waals surface area contributed by atoms with E-state index in [1.165, 1.54) is 36.6 Å². The molecule has 1 aliphatic carbocycles. The van der Waals surface area contributed by atoms with Gasteiger partial charge in [-0.15, -0.1) is 0 Å². The Balaban J connectivity index is 1.34. The summed E-state index contributed by atoms with van der Waals surface area (Å²) in [7, 11) is 2.14. The number of rotatable bonds is 7. The molecular weight excluding hydrogens is 488 g/mol. The van der Waals surface area contributed by atoms with Crippen LogP contribution < -0.4 is 14.5 Å². The molecule has 0 spiro atoms. The van der Waals surface area contributed by atoms with E-state index in [1.54, 1.807) is 0 Å². The second-order valence-corrected chi connectivity index (χ2v) is 11.3. The summed E-state index contributed by atoms with van der Waals surface area (Å²) in [6.07, 6.45) is 7.00. The lowest BCUT2D eigenvalue weighted by Crippen LogP contribution is -2.49. The van der Waals surface area contributed by atoms with Crippen LogP contribution in [-0.2, 0) is 17.8 Å². The molecule has 6 rings (SSSR count). The van der Waals surface area contributed by atoms with Gasteiger partial charge in [-0.25, -0.2) is 4.98 Å². The molecule has 0 N–H and O–H groups in total. The molecule has 1 saturated carbocycles. The molecule has 0 bridgehead atoms.